The first-order valence-electron chi connectivity index (χ1n) is 8.93. The Morgan fingerprint density at radius 2 is 2.08 bits per heavy atom. The Kier molecular flexibility index (Phi) is 4.94. The highest BCUT2D eigenvalue weighted by atomic mass is 19.4. The second-order valence-corrected chi connectivity index (χ2v) is 7.75. The summed E-state index contributed by atoms with van der Waals surface area (Å²) < 4.78 is 44.6. The molecule has 0 aromatic heterocycles. The van der Waals surface area contributed by atoms with Crippen molar-refractivity contribution in [1.29, 1.82) is 0 Å². The highest BCUT2D eigenvalue weighted by Crippen LogP contribution is 2.52. The molecular formula is C19H26F3N3O. The molecule has 1 saturated carbocycles. The van der Waals surface area contributed by atoms with Gasteiger partial charge in [0.15, 0.2) is 5.96 Å². The van der Waals surface area contributed by atoms with Crippen molar-refractivity contribution in [3.05, 3.63) is 35.4 Å². The summed E-state index contributed by atoms with van der Waals surface area (Å²) in [6, 6.07) is 5.31. The lowest BCUT2D eigenvalue weighted by molar-refractivity contribution is -0.137. The van der Waals surface area contributed by atoms with Gasteiger partial charge in [0.2, 0.25) is 0 Å². The number of nitrogens with zero attached hydrogens (tertiary/aromatic N) is 1. The van der Waals surface area contributed by atoms with E-state index in [2.05, 4.69) is 29.5 Å². The molecule has 2 aliphatic rings. The predicted octanol–water partition coefficient (Wildman–Crippen LogP) is 3.74. The summed E-state index contributed by atoms with van der Waals surface area (Å²) in [6.07, 6.45) is -3.06. The van der Waals surface area contributed by atoms with Crippen LogP contribution in [0.1, 0.15) is 44.4 Å². The average molecular weight is 369 g/mol. The van der Waals surface area contributed by atoms with Crippen molar-refractivity contribution in [3.63, 3.8) is 0 Å². The van der Waals surface area contributed by atoms with Crippen molar-refractivity contribution >= 4 is 5.96 Å². The molecule has 1 aliphatic heterocycles. The Balaban J connectivity index is 1.67. The minimum absolute atomic E-state index is 0.00176. The number of hydrogen-bond acceptors (Lipinski definition) is 2. The molecular weight excluding hydrogens is 343 g/mol. The van der Waals surface area contributed by atoms with Crippen LogP contribution in [0.2, 0.25) is 0 Å². The molecule has 4 atom stereocenters. The molecule has 4 nitrogen and oxygen atoms in total. The summed E-state index contributed by atoms with van der Waals surface area (Å²) in [5.41, 5.74) is -0.0755. The van der Waals surface area contributed by atoms with Gasteiger partial charge < -0.3 is 15.4 Å². The number of rotatable bonds is 3. The van der Waals surface area contributed by atoms with Gasteiger partial charge in [-0.05, 0) is 31.0 Å². The SMILES string of the molecule is CN=C(NC(C)c1cccc(C(F)(F)F)c1)NC1C2CCOC2C1(C)C. The Labute approximate surface area is 152 Å². The minimum atomic E-state index is -4.34. The van der Waals surface area contributed by atoms with Gasteiger partial charge in [-0.3, -0.25) is 4.99 Å². The molecule has 144 valence electrons. The van der Waals surface area contributed by atoms with Crippen LogP contribution in [0.15, 0.2) is 29.3 Å². The van der Waals surface area contributed by atoms with Crippen molar-refractivity contribution in [2.24, 2.45) is 16.3 Å². The number of hydrogen-bond donors (Lipinski definition) is 2. The van der Waals surface area contributed by atoms with Gasteiger partial charge in [0, 0.05) is 31.0 Å². The fraction of sp³-hybridized carbons (Fsp3) is 0.632. The maximum absolute atomic E-state index is 12.9. The van der Waals surface area contributed by atoms with Crippen LogP contribution in [-0.4, -0.2) is 31.8 Å². The summed E-state index contributed by atoms with van der Waals surface area (Å²) in [4.78, 5) is 4.26. The zero-order valence-electron chi connectivity index (χ0n) is 15.5. The summed E-state index contributed by atoms with van der Waals surface area (Å²) in [6.45, 7) is 6.95. The number of fused-ring (bicyclic) bond motifs is 1. The van der Waals surface area contributed by atoms with Gasteiger partial charge in [0.1, 0.15) is 0 Å². The fourth-order valence-corrected chi connectivity index (χ4v) is 4.21. The van der Waals surface area contributed by atoms with Crippen LogP contribution < -0.4 is 10.6 Å². The topological polar surface area (TPSA) is 45.7 Å². The third-order valence-corrected chi connectivity index (χ3v) is 5.68. The van der Waals surface area contributed by atoms with Gasteiger partial charge in [-0.25, -0.2) is 0 Å². The molecule has 1 saturated heterocycles. The van der Waals surface area contributed by atoms with Crippen LogP contribution in [-0.2, 0) is 10.9 Å². The zero-order valence-corrected chi connectivity index (χ0v) is 15.5. The monoisotopic (exact) mass is 369 g/mol. The van der Waals surface area contributed by atoms with Crippen molar-refractivity contribution < 1.29 is 17.9 Å². The maximum atomic E-state index is 12.9. The number of alkyl halides is 3. The second-order valence-electron chi connectivity index (χ2n) is 7.75. The van der Waals surface area contributed by atoms with Gasteiger partial charge >= 0.3 is 6.18 Å². The molecule has 7 heteroatoms. The molecule has 1 heterocycles. The van der Waals surface area contributed by atoms with E-state index in [4.69, 9.17) is 4.74 Å². The average Bonchev–Trinajstić information content (AvgIpc) is 3.04. The standard InChI is InChI=1S/C19H26F3N3O/c1-11(12-6-5-7-13(10-12)19(20,21)22)24-17(23-4)25-15-14-8-9-26-16(14)18(15,2)3/h5-7,10-11,14-16H,8-9H2,1-4H3,(H2,23,24,25). The second kappa shape index (κ2) is 6.76. The Bertz CT molecular complexity index is 687. The fourth-order valence-electron chi connectivity index (χ4n) is 4.21. The molecule has 1 aromatic rings. The van der Waals surface area contributed by atoms with E-state index in [9.17, 15) is 13.2 Å². The number of halogens is 3. The first-order chi connectivity index (χ1) is 12.1. The molecule has 2 N–H and O–H groups in total. The largest absolute Gasteiger partial charge is 0.416 e. The normalized spacial score (nSPS) is 28.9. The van der Waals surface area contributed by atoms with E-state index >= 15 is 0 Å². The van der Waals surface area contributed by atoms with Crippen molar-refractivity contribution in [1.82, 2.24) is 10.6 Å². The van der Waals surface area contributed by atoms with Crippen LogP contribution in [0.4, 0.5) is 13.2 Å². The quantitative estimate of drug-likeness (QED) is 0.630. The van der Waals surface area contributed by atoms with E-state index in [1.807, 2.05) is 6.92 Å². The number of benzene rings is 1. The molecule has 4 unspecified atom stereocenters. The summed E-state index contributed by atoms with van der Waals surface area (Å²) in [5, 5.41) is 6.66. The lowest BCUT2D eigenvalue weighted by Crippen LogP contribution is -2.68. The van der Waals surface area contributed by atoms with Crippen molar-refractivity contribution in [2.45, 2.75) is 51.6 Å². The molecule has 0 amide bonds. The zero-order chi connectivity index (χ0) is 19.1. The van der Waals surface area contributed by atoms with Crippen molar-refractivity contribution in [3.8, 4) is 0 Å². The molecule has 1 aromatic carbocycles. The number of guanidine groups is 1. The number of ether oxygens (including phenoxy) is 1. The first kappa shape index (κ1) is 19.0. The molecule has 1 aliphatic carbocycles. The first-order valence-corrected chi connectivity index (χ1v) is 8.93. The molecule has 2 fully saturated rings. The van der Waals surface area contributed by atoms with E-state index in [0.29, 0.717) is 17.4 Å². The summed E-state index contributed by atoms with van der Waals surface area (Å²) in [5.74, 6) is 1.05. The van der Waals surface area contributed by atoms with Gasteiger partial charge in [-0.2, -0.15) is 13.2 Å². The summed E-state index contributed by atoms with van der Waals surface area (Å²) in [7, 11) is 1.67. The molecule has 26 heavy (non-hydrogen) atoms. The minimum Gasteiger partial charge on any atom is -0.377 e. The third-order valence-electron chi connectivity index (χ3n) is 5.68. The number of aliphatic imine (C=N–C) groups is 1. The van der Waals surface area contributed by atoms with E-state index in [1.54, 1.807) is 13.1 Å². The Morgan fingerprint density at radius 1 is 1.35 bits per heavy atom. The predicted molar refractivity (Wildman–Crippen MR) is 94.9 cm³/mol. The van der Waals surface area contributed by atoms with Crippen molar-refractivity contribution in [2.75, 3.05) is 13.7 Å². The third kappa shape index (κ3) is 3.41. The lowest BCUT2D eigenvalue weighted by Gasteiger charge is -2.55. The van der Waals surface area contributed by atoms with E-state index in [0.717, 1.165) is 19.1 Å². The highest BCUT2D eigenvalue weighted by molar-refractivity contribution is 5.80. The lowest BCUT2D eigenvalue weighted by atomic mass is 9.57. The maximum Gasteiger partial charge on any atom is 0.416 e. The Morgan fingerprint density at radius 3 is 2.73 bits per heavy atom. The molecule has 0 bridgehead atoms. The van der Waals surface area contributed by atoms with Gasteiger partial charge in [-0.1, -0.05) is 26.0 Å². The van der Waals surface area contributed by atoms with Crippen LogP contribution in [0.3, 0.4) is 0 Å². The van der Waals surface area contributed by atoms with Gasteiger partial charge in [0.25, 0.3) is 0 Å². The summed E-state index contributed by atoms with van der Waals surface area (Å²) >= 11 is 0. The highest BCUT2D eigenvalue weighted by Gasteiger charge is 2.59. The smallest absolute Gasteiger partial charge is 0.377 e. The van der Waals surface area contributed by atoms with Crippen LogP contribution in [0, 0.1) is 11.3 Å². The van der Waals surface area contributed by atoms with Gasteiger partial charge in [-0.15, -0.1) is 0 Å². The number of nitrogens with one attached hydrogen (secondary N) is 2. The van der Waals surface area contributed by atoms with Crippen LogP contribution in [0.25, 0.3) is 0 Å². The van der Waals surface area contributed by atoms with E-state index in [1.165, 1.54) is 12.1 Å². The molecule has 3 rings (SSSR count). The van der Waals surface area contributed by atoms with E-state index in [-0.39, 0.29) is 23.6 Å². The van der Waals surface area contributed by atoms with Crippen LogP contribution in [0.5, 0.6) is 0 Å². The van der Waals surface area contributed by atoms with Crippen LogP contribution >= 0.6 is 0 Å². The Hall–Kier alpha value is -1.76. The molecule has 0 spiro atoms. The van der Waals surface area contributed by atoms with Gasteiger partial charge in [0.05, 0.1) is 17.7 Å². The van der Waals surface area contributed by atoms with E-state index < -0.39 is 11.7 Å². The molecule has 0 radical (unpaired) electrons.